The molecule has 0 amide bonds. The number of hydrogen-bond acceptors (Lipinski definition) is 0. The maximum atomic E-state index is 5.88. The van der Waals surface area contributed by atoms with Gasteiger partial charge in [0.25, 0.3) is 0 Å². The molecule has 0 rings (SSSR count). The van der Waals surface area contributed by atoms with E-state index in [2.05, 4.69) is 0 Å². The van der Waals surface area contributed by atoms with Gasteiger partial charge in [0.1, 0.15) is 0 Å². The third kappa shape index (κ3) is 499. The summed E-state index contributed by atoms with van der Waals surface area (Å²) in [5.41, 5.74) is 23.5. The zero-order valence-corrected chi connectivity index (χ0v) is 7.06. The van der Waals surface area contributed by atoms with Crippen LogP contribution in [0.1, 0.15) is 0 Å². The van der Waals surface area contributed by atoms with Crippen LogP contribution in [-0.4, -0.2) is 13.3 Å². The van der Waals surface area contributed by atoms with Gasteiger partial charge in [0.2, 0.25) is 0 Å². The smallest absolute Gasteiger partial charge is 0.259 e. The van der Waals surface area contributed by atoms with Gasteiger partial charge < -0.3 is 22.9 Å². The van der Waals surface area contributed by atoms with E-state index in [0.717, 1.165) is 0 Å². The Labute approximate surface area is 69.7 Å². The van der Waals surface area contributed by atoms with E-state index in [1.807, 2.05) is 0 Å². The average molecular weight is 218 g/mol. The molecule has 7 heteroatoms. The van der Waals surface area contributed by atoms with Crippen LogP contribution in [0.5, 0.6) is 0 Å². The third-order valence-corrected chi connectivity index (χ3v) is 0. The maximum Gasteiger partial charge on any atom is -0.259 e. The van der Waals surface area contributed by atoms with Crippen LogP contribution in [0.15, 0.2) is 0 Å². The molecule has 0 aliphatic carbocycles. The Morgan fingerprint density at radius 3 is 0.889 bits per heavy atom. The fourth-order valence-corrected chi connectivity index (χ4v) is 0. The third-order valence-electron chi connectivity index (χ3n) is 0. The Morgan fingerprint density at radius 1 is 0.889 bits per heavy atom. The van der Waals surface area contributed by atoms with E-state index in [4.69, 9.17) is 43.2 Å². The first kappa shape index (κ1) is 16.5. The predicted molar refractivity (Wildman–Crippen MR) is 38.7 cm³/mol. The second kappa shape index (κ2) is 36.4. The molecular formula is C2H8Cl2CoN4-3. The van der Waals surface area contributed by atoms with Gasteiger partial charge in [-0.3, -0.25) is 13.3 Å². The van der Waals surface area contributed by atoms with Crippen molar-refractivity contribution in [1.29, 1.82) is 0 Å². The summed E-state index contributed by atoms with van der Waals surface area (Å²) in [6.45, 7) is -0.500. The summed E-state index contributed by atoms with van der Waals surface area (Å²) in [4.78, 5) is 0. The molecule has 4 nitrogen and oxygen atoms in total. The molecule has 0 aromatic rings. The van der Waals surface area contributed by atoms with E-state index in [1.165, 1.54) is 0 Å². The zero-order chi connectivity index (χ0) is 8.12. The molecular weight excluding hydrogens is 210 g/mol. The van der Waals surface area contributed by atoms with Crippen molar-refractivity contribution >= 4 is 20.3 Å². The molecule has 62 valence electrons. The van der Waals surface area contributed by atoms with Crippen LogP contribution in [0.4, 0.5) is 0 Å². The van der Waals surface area contributed by atoms with Gasteiger partial charge in [0.15, 0.2) is 0 Å². The molecule has 0 saturated heterocycles. The van der Waals surface area contributed by atoms with Gasteiger partial charge in [-0.1, -0.05) is 0 Å². The van der Waals surface area contributed by atoms with Crippen molar-refractivity contribution in [3.63, 3.8) is 0 Å². The molecule has 0 aromatic heterocycles. The summed E-state index contributed by atoms with van der Waals surface area (Å²) in [5, 5.41) is 0. The standard InChI is InChI=1S/2CH4N2.2ClH.Co/c2*2-1-3;;;/h2*2-3H,1H2;2*1H;/q2*-2;;;+3/p-2. The van der Waals surface area contributed by atoms with Gasteiger partial charge in [0.05, 0.1) is 0 Å². The van der Waals surface area contributed by atoms with Crippen molar-refractivity contribution in [3.05, 3.63) is 22.9 Å². The molecule has 0 unspecified atom stereocenters. The Kier molecular flexibility index (Phi) is 66.6. The maximum absolute atomic E-state index is 5.88. The molecule has 0 atom stereocenters. The minimum absolute atomic E-state index is 0.250. The molecule has 0 spiro atoms. The van der Waals surface area contributed by atoms with Crippen LogP contribution in [0.3, 0.4) is 0 Å². The van der Waals surface area contributed by atoms with Crippen molar-refractivity contribution in [3.8, 4) is 0 Å². The fourth-order valence-electron chi connectivity index (χ4n) is 0. The van der Waals surface area contributed by atoms with Gasteiger partial charge >= 0.3 is 33.2 Å². The van der Waals surface area contributed by atoms with Crippen molar-refractivity contribution in [2.45, 2.75) is 0 Å². The molecule has 9 heavy (non-hydrogen) atoms. The quantitative estimate of drug-likeness (QED) is 0.594. The Morgan fingerprint density at radius 2 is 0.889 bits per heavy atom. The predicted octanol–water partition coefficient (Wildman–Crippen LogP) is 3.47. The van der Waals surface area contributed by atoms with Crippen LogP contribution in [0, 0.1) is 0 Å². The fraction of sp³-hybridized carbons (Fsp3) is 1.00. The summed E-state index contributed by atoms with van der Waals surface area (Å²) in [6, 6.07) is 0. The van der Waals surface area contributed by atoms with Crippen molar-refractivity contribution < 1.29 is 12.9 Å². The van der Waals surface area contributed by atoms with Crippen molar-refractivity contribution in [1.82, 2.24) is 0 Å². The molecule has 0 saturated carbocycles. The van der Waals surface area contributed by atoms with Crippen LogP contribution >= 0.6 is 20.3 Å². The van der Waals surface area contributed by atoms with Gasteiger partial charge in [-0.05, 0) is 0 Å². The van der Waals surface area contributed by atoms with Gasteiger partial charge in [-0.2, -0.15) is 0 Å². The molecule has 0 heterocycles. The first-order valence-electron chi connectivity index (χ1n) is 1.67. The normalized spacial score (nSPS) is 6.44. The minimum atomic E-state index is -0.250. The molecule has 0 aliphatic rings. The van der Waals surface area contributed by atoms with E-state index in [1.54, 1.807) is 0 Å². The SMILES string of the molecule is [Cl][Co+][Cl].[NH-]C[NH-].[NH-]C[NH-]. The van der Waals surface area contributed by atoms with Gasteiger partial charge in [-0.15, -0.1) is 0 Å². The molecule has 4 N–H and O–H groups in total. The topological polar surface area (TPSA) is 95.2 Å². The largest absolute Gasteiger partial charge is 0.696 e. The van der Waals surface area contributed by atoms with Crippen molar-refractivity contribution in [2.24, 2.45) is 0 Å². The number of hydrogen-bond donors (Lipinski definition) is 0. The summed E-state index contributed by atoms with van der Waals surface area (Å²) >= 11 is 0.382. The minimum Gasteiger partial charge on any atom is -0.696 e. The van der Waals surface area contributed by atoms with Crippen LogP contribution in [0.25, 0.3) is 22.9 Å². The summed E-state index contributed by atoms with van der Waals surface area (Å²) in [6.07, 6.45) is 0. The first-order valence-corrected chi connectivity index (χ1v) is 4.53. The number of rotatable bonds is 0. The first-order chi connectivity index (χ1) is 4.24. The van der Waals surface area contributed by atoms with Crippen molar-refractivity contribution in [2.75, 3.05) is 13.3 Å². The van der Waals surface area contributed by atoms with Crippen LogP contribution in [-0.2, 0) is 12.9 Å². The Balaban J connectivity index is -0.0000000600. The van der Waals surface area contributed by atoms with Crippen LogP contribution in [0.2, 0.25) is 0 Å². The van der Waals surface area contributed by atoms with Gasteiger partial charge in [0, 0.05) is 0 Å². The van der Waals surface area contributed by atoms with E-state index >= 15 is 0 Å². The van der Waals surface area contributed by atoms with E-state index < -0.39 is 0 Å². The summed E-state index contributed by atoms with van der Waals surface area (Å²) in [7, 11) is 9.47. The van der Waals surface area contributed by atoms with E-state index in [-0.39, 0.29) is 13.3 Å². The second-order valence-corrected chi connectivity index (χ2v) is 2.12. The Hall–Kier alpha value is 0.926. The van der Waals surface area contributed by atoms with E-state index in [9.17, 15) is 0 Å². The Bertz CT molecular complexity index is 21.3. The monoisotopic (exact) mass is 217 g/mol. The molecule has 0 aliphatic heterocycles. The van der Waals surface area contributed by atoms with E-state index in [0.29, 0.717) is 12.9 Å². The molecule has 0 aromatic carbocycles. The summed E-state index contributed by atoms with van der Waals surface area (Å²) in [5.74, 6) is 0. The molecule has 0 fully saturated rings. The van der Waals surface area contributed by atoms with Crippen LogP contribution < -0.4 is 0 Å². The number of halogens is 2. The average Bonchev–Trinajstić information content (AvgIpc) is 1.70. The zero-order valence-electron chi connectivity index (χ0n) is 4.50. The second-order valence-electron chi connectivity index (χ2n) is 0.401. The summed E-state index contributed by atoms with van der Waals surface area (Å²) < 4.78 is 0. The number of nitrogens with one attached hydrogen (secondary N) is 4. The van der Waals surface area contributed by atoms with Gasteiger partial charge in [-0.25, -0.2) is 0 Å². The molecule has 0 bridgehead atoms. The molecule has 0 radical (unpaired) electrons.